The summed E-state index contributed by atoms with van der Waals surface area (Å²) in [5.74, 6) is -0.879. The van der Waals surface area contributed by atoms with Crippen molar-refractivity contribution in [3.63, 3.8) is 0 Å². The van der Waals surface area contributed by atoms with Gasteiger partial charge in [-0.25, -0.2) is 4.39 Å². The van der Waals surface area contributed by atoms with E-state index >= 15 is 0 Å². The van der Waals surface area contributed by atoms with Crippen molar-refractivity contribution in [2.24, 2.45) is 5.92 Å². The molecule has 1 aromatic carbocycles. The fourth-order valence-electron chi connectivity index (χ4n) is 3.02. The molecule has 23 heavy (non-hydrogen) atoms. The van der Waals surface area contributed by atoms with Crippen LogP contribution in [0.2, 0.25) is 0 Å². The molecule has 1 amide bonds. The number of nitrogens with zero attached hydrogens (tertiary/aromatic N) is 1. The Morgan fingerprint density at radius 2 is 2.09 bits per heavy atom. The number of piperidine rings is 1. The van der Waals surface area contributed by atoms with Crippen molar-refractivity contribution < 1.29 is 13.6 Å². The predicted molar refractivity (Wildman–Crippen MR) is 81.0 cm³/mol. The van der Waals surface area contributed by atoms with Crippen LogP contribution < -0.4 is 10.6 Å². The number of carbonyl (C=O) groups is 1. The molecule has 1 fully saturated rings. The van der Waals surface area contributed by atoms with Gasteiger partial charge < -0.3 is 10.6 Å². The molecule has 0 aliphatic carbocycles. The molecule has 0 radical (unpaired) electrons. The van der Waals surface area contributed by atoms with E-state index < -0.39 is 11.9 Å². The number of amides is 1. The minimum atomic E-state index is -0.640. The van der Waals surface area contributed by atoms with Crippen LogP contribution >= 0.6 is 0 Å². The van der Waals surface area contributed by atoms with Gasteiger partial charge in [0.05, 0.1) is 0 Å². The average Bonchev–Trinajstić information content (AvgIpc) is 3.00. The van der Waals surface area contributed by atoms with E-state index in [9.17, 15) is 13.6 Å². The van der Waals surface area contributed by atoms with Crippen LogP contribution in [0.3, 0.4) is 0 Å². The Morgan fingerprint density at radius 1 is 1.30 bits per heavy atom. The van der Waals surface area contributed by atoms with Gasteiger partial charge in [-0.3, -0.25) is 9.89 Å². The van der Waals surface area contributed by atoms with Crippen LogP contribution in [0.25, 0.3) is 0 Å². The van der Waals surface area contributed by atoms with Crippen molar-refractivity contribution in [2.75, 3.05) is 19.6 Å². The van der Waals surface area contributed by atoms with E-state index in [-0.39, 0.29) is 23.3 Å². The molecule has 1 saturated heterocycles. The lowest BCUT2D eigenvalue weighted by atomic mass is 9.81. The zero-order valence-corrected chi connectivity index (χ0v) is 12.5. The minimum absolute atomic E-state index is 0.0320. The summed E-state index contributed by atoms with van der Waals surface area (Å²) in [6.45, 7) is 2.09. The van der Waals surface area contributed by atoms with Crippen molar-refractivity contribution in [3.05, 3.63) is 53.4 Å². The molecule has 1 aromatic heterocycles. The standard InChI is InChI=1S/C16H18F2N4O/c17-12-3-1-10(2-4-12)13-5-6-19-8-11(13)9-20-16(23)14-7-15(18)22-21-14/h1-4,7,11,13,19H,5-6,8-9H2,(H,20,23)(H,21,22)/t11-,13+/m0/s1. The van der Waals surface area contributed by atoms with Crippen LogP contribution in [0, 0.1) is 17.7 Å². The van der Waals surface area contributed by atoms with Crippen LogP contribution in [0.4, 0.5) is 8.78 Å². The fourth-order valence-corrected chi connectivity index (χ4v) is 3.02. The number of carbonyl (C=O) groups excluding carboxylic acids is 1. The quantitative estimate of drug-likeness (QED) is 0.805. The van der Waals surface area contributed by atoms with Crippen molar-refractivity contribution in [1.29, 1.82) is 0 Å². The van der Waals surface area contributed by atoms with E-state index in [2.05, 4.69) is 20.8 Å². The van der Waals surface area contributed by atoms with Crippen LogP contribution in [0.15, 0.2) is 30.3 Å². The number of H-pyrrole nitrogens is 1. The summed E-state index contributed by atoms with van der Waals surface area (Å²) in [7, 11) is 0. The first kappa shape index (κ1) is 15.6. The SMILES string of the molecule is O=C(NC[C@@H]1CNCC[C@@H]1c1ccc(F)cc1)c1cc(F)[nH]n1. The summed E-state index contributed by atoms with van der Waals surface area (Å²) < 4.78 is 25.9. The van der Waals surface area contributed by atoms with Gasteiger partial charge in [-0.2, -0.15) is 9.49 Å². The summed E-state index contributed by atoms with van der Waals surface area (Å²) in [5, 5.41) is 11.8. The normalized spacial score (nSPS) is 21.1. The molecule has 0 bridgehead atoms. The first-order valence-corrected chi connectivity index (χ1v) is 7.59. The third-order valence-corrected chi connectivity index (χ3v) is 4.21. The van der Waals surface area contributed by atoms with E-state index in [1.54, 1.807) is 12.1 Å². The monoisotopic (exact) mass is 320 g/mol. The summed E-state index contributed by atoms with van der Waals surface area (Å²) >= 11 is 0. The summed E-state index contributed by atoms with van der Waals surface area (Å²) in [5.41, 5.74) is 1.10. The Bertz CT molecular complexity index is 671. The highest BCUT2D eigenvalue weighted by Gasteiger charge is 2.27. The molecule has 7 heteroatoms. The van der Waals surface area contributed by atoms with Crippen LogP contribution in [0.5, 0.6) is 0 Å². The summed E-state index contributed by atoms with van der Waals surface area (Å²) in [6, 6.07) is 7.57. The minimum Gasteiger partial charge on any atom is -0.350 e. The van der Waals surface area contributed by atoms with Gasteiger partial charge >= 0.3 is 0 Å². The molecular weight excluding hydrogens is 302 g/mol. The maximum Gasteiger partial charge on any atom is 0.271 e. The number of benzene rings is 1. The molecule has 5 nitrogen and oxygen atoms in total. The smallest absolute Gasteiger partial charge is 0.271 e. The largest absolute Gasteiger partial charge is 0.350 e. The van der Waals surface area contributed by atoms with Gasteiger partial charge in [0.1, 0.15) is 5.82 Å². The maximum atomic E-state index is 13.1. The van der Waals surface area contributed by atoms with E-state index in [0.29, 0.717) is 6.54 Å². The van der Waals surface area contributed by atoms with Gasteiger partial charge in [0.2, 0.25) is 5.95 Å². The molecule has 122 valence electrons. The highest BCUT2D eigenvalue weighted by Crippen LogP contribution is 2.30. The first-order chi connectivity index (χ1) is 11.1. The molecule has 0 spiro atoms. The molecule has 1 aliphatic heterocycles. The highest BCUT2D eigenvalue weighted by molar-refractivity contribution is 5.92. The van der Waals surface area contributed by atoms with Crippen LogP contribution in [-0.4, -0.2) is 35.7 Å². The number of aromatic nitrogens is 2. The molecular formula is C16H18F2N4O. The van der Waals surface area contributed by atoms with E-state index in [4.69, 9.17) is 0 Å². The zero-order chi connectivity index (χ0) is 16.2. The van der Waals surface area contributed by atoms with Gasteiger partial charge in [-0.05, 0) is 42.5 Å². The Balaban J connectivity index is 1.64. The predicted octanol–water partition coefficient (Wildman–Crippen LogP) is 1.81. The number of nitrogens with one attached hydrogen (secondary N) is 3. The molecule has 3 N–H and O–H groups in total. The van der Waals surface area contributed by atoms with Gasteiger partial charge in [0, 0.05) is 19.2 Å². The molecule has 2 heterocycles. The first-order valence-electron chi connectivity index (χ1n) is 7.59. The van der Waals surface area contributed by atoms with Crippen molar-refractivity contribution in [1.82, 2.24) is 20.8 Å². The number of hydrogen-bond donors (Lipinski definition) is 3. The molecule has 3 rings (SSSR count). The van der Waals surface area contributed by atoms with Crippen LogP contribution in [0.1, 0.15) is 28.4 Å². The van der Waals surface area contributed by atoms with Gasteiger partial charge in [-0.15, -0.1) is 0 Å². The third kappa shape index (κ3) is 3.73. The van der Waals surface area contributed by atoms with E-state index in [0.717, 1.165) is 31.1 Å². The number of halogens is 2. The van der Waals surface area contributed by atoms with Crippen molar-refractivity contribution >= 4 is 5.91 Å². The zero-order valence-electron chi connectivity index (χ0n) is 12.5. The van der Waals surface area contributed by atoms with Gasteiger partial charge in [0.15, 0.2) is 5.69 Å². The lowest BCUT2D eigenvalue weighted by Crippen LogP contribution is -2.42. The lowest BCUT2D eigenvalue weighted by molar-refractivity contribution is 0.0937. The maximum absolute atomic E-state index is 13.1. The second-order valence-corrected chi connectivity index (χ2v) is 5.72. The van der Waals surface area contributed by atoms with E-state index in [1.165, 1.54) is 12.1 Å². The van der Waals surface area contributed by atoms with Crippen molar-refractivity contribution in [2.45, 2.75) is 12.3 Å². The second-order valence-electron chi connectivity index (χ2n) is 5.72. The Kier molecular flexibility index (Phi) is 4.66. The van der Waals surface area contributed by atoms with Crippen LogP contribution in [-0.2, 0) is 0 Å². The molecule has 0 saturated carbocycles. The summed E-state index contributed by atoms with van der Waals surface area (Å²) in [4.78, 5) is 12.0. The Morgan fingerprint density at radius 3 is 2.78 bits per heavy atom. The molecule has 2 atom stereocenters. The van der Waals surface area contributed by atoms with Gasteiger partial charge in [0.25, 0.3) is 5.91 Å². The topological polar surface area (TPSA) is 69.8 Å². The number of rotatable bonds is 4. The molecule has 1 aliphatic rings. The second kappa shape index (κ2) is 6.87. The molecule has 0 unspecified atom stereocenters. The number of aromatic amines is 1. The Hall–Kier alpha value is -2.28. The number of hydrogen-bond acceptors (Lipinski definition) is 3. The highest BCUT2D eigenvalue weighted by atomic mass is 19.1. The average molecular weight is 320 g/mol. The Labute approximate surface area is 132 Å². The van der Waals surface area contributed by atoms with E-state index in [1.807, 2.05) is 0 Å². The lowest BCUT2D eigenvalue weighted by Gasteiger charge is -2.32. The summed E-state index contributed by atoms with van der Waals surface area (Å²) in [6.07, 6.45) is 0.920. The van der Waals surface area contributed by atoms with Crippen molar-refractivity contribution in [3.8, 4) is 0 Å². The van der Waals surface area contributed by atoms with Gasteiger partial charge in [-0.1, -0.05) is 12.1 Å². The molecule has 2 aromatic rings. The fraction of sp³-hybridized carbons (Fsp3) is 0.375. The third-order valence-electron chi connectivity index (χ3n) is 4.21.